The van der Waals surface area contributed by atoms with Crippen LogP contribution in [0.4, 0.5) is 26.3 Å². The van der Waals surface area contributed by atoms with E-state index in [1.165, 1.54) is 0 Å². The number of carbonyl (C=O) groups excluding carboxylic acids is 1. The Hall–Kier alpha value is -5.09. The third-order valence-electron chi connectivity index (χ3n) is 6.26. The molecule has 0 aromatic carbocycles. The number of pyridine rings is 3. The van der Waals surface area contributed by atoms with Gasteiger partial charge in [0.25, 0.3) is 5.91 Å². The lowest BCUT2D eigenvalue weighted by molar-refractivity contribution is -0.193. The van der Waals surface area contributed by atoms with Gasteiger partial charge in [-0.1, -0.05) is 0 Å². The highest BCUT2D eigenvalue weighted by molar-refractivity contribution is 5.94. The third-order valence-corrected chi connectivity index (χ3v) is 6.26. The molecular weight excluding hydrogens is 602 g/mol. The number of nitrogens with zero attached hydrogens (tertiary/aromatic N) is 6. The van der Waals surface area contributed by atoms with Crippen LogP contribution >= 0.6 is 0 Å². The maximum Gasteiger partial charge on any atom is 0.490 e. The lowest BCUT2D eigenvalue weighted by Gasteiger charge is -2.32. The minimum absolute atomic E-state index is 0.0487. The maximum absolute atomic E-state index is 12.7. The van der Waals surface area contributed by atoms with Crippen molar-refractivity contribution >= 4 is 28.9 Å². The second kappa shape index (κ2) is 13.9. The van der Waals surface area contributed by atoms with Gasteiger partial charge in [0.05, 0.1) is 23.1 Å². The lowest BCUT2D eigenvalue weighted by Crippen LogP contribution is -2.38. The molecule has 5 heterocycles. The molecule has 0 saturated carbocycles. The second-order valence-corrected chi connectivity index (χ2v) is 9.27. The molecule has 4 aromatic rings. The number of fused-ring (bicyclic) bond motifs is 1. The molecule has 1 aliphatic heterocycles. The fourth-order valence-corrected chi connectivity index (χ4v) is 4.11. The van der Waals surface area contributed by atoms with E-state index in [0.29, 0.717) is 24.6 Å². The topological polar surface area (TPSA) is 151 Å². The number of alkyl halides is 6. The standard InChI is InChI=1S/C23H22N6O.2C2HF3O2/c1-28-15-26-22-20(28)12-19(27-21(22)17-4-2-8-24-13-17)16-6-10-29(11-7-16)23(30)18-5-3-9-25-14-18;2*3-2(4,5)1(6)7/h2-5,8-9,12-16H,6-7,10-11H2,1H3;2*(H,6,7). The summed E-state index contributed by atoms with van der Waals surface area (Å²) in [5.41, 5.74) is 5.48. The molecule has 0 radical (unpaired) electrons. The number of aromatic nitrogens is 5. The average molecular weight is 627 g/mol. The van der Waals surface area contributed by atoms with E-state index in [2.05, 4.69) is 21.0 Å². The first-order valence-corrected chi connectivity index (χ1v) is 12.6. The van der Waals surface area contributed by atoms with Crippen LogP contribution in [-0.4, -0.2) is 82.9 Å². The summed E-state index contributed by atoms with van der Waals surface area (Å²) in [4.78, 5) is 50.3. The first kappa shape index (κ1) is 33.4. The Morgan fingerprint density at radius 1 is 0.886 bits per heavy atom. The molecule has 1 saturated heterocycles. The summed E-state index contributed by atoms with van der Waals surface area (Å²) < 4.78 is 65.5. The highest BCUT2D eigenvalue weighted by Gasteiger charge is 2.39. The molecule has 0 atom stereocenters. The van der Waals surface area contributed by atoms with E-state index in [9.17, 15) is 31.1 Å². The Morgan fingerprint density at radius 3 is 1.91 bits per heavy atom. The smallest absolute Gasteiger partial charge is 0.475 e. The Kier molecular flexibility index (Phi) is 10.6. The number of aliphatic carboxylic acids is 2. The van der Waals surface area contributed by atoms with Gasteiger partial charge in [-0.15, -0.1) is 0 Å². The van der Waals surface area contributed by atoms with Gasteiger partial charge in [-0.05, 0) is 43.2 Å². The van der Waals surface area contributed by atoms with E-state index in [1.54, 1.807) is 24.7 Å². The zero-order valence-electron chi connectivity index (χ0n) is 22.7. The summed E-state index contributed by atoms with van der Waals surface area (Å²) in [6.45, 7) is 1.43. The molecule has 4 aromatic heterocycles. The van der Waals surface area contributed by atoms with Crippen LogP contribution < -0.4 is 0 Å². The quantitative estimate of drug-likeness (QED) is 0.308. The van der Waals surface area contributed by atoms with Gasteiger partial charge in [0, 0.05) is 62.1 Å². The molecule has 0 unspecified atom stereocenters. The van der Waals surface area contributed by atoms with Crippen LogP contribution in [0.1, 0.15) is 34.8 Å². The molecule has 5 rings (SSSR count). The first-order valence-electron chi connectivity index (χ1n) is 12.6. The molecular formula is C27H24F6N6O5. The van der Waals surface area contributed by atoms with Gasteiger partial charge in [0.15, 0.2) is 0 Å². The molecule has 0 aliphatic carbocycles. The van der Waals surface area contributed by atoms with Crippen molar-refractivity contribution in [2.45, 2.75) is 31.1 Å². The molecule has 234 valence electrons. The van der Waals surface area contributed by atoms with E-state index < -0.39 is 24.3 Å². The number of halogens is 6. The molecule has 0 bridgehead atoms. The predicted octanol–water partition coefficient (Wildman–Crippen LogP) is 4.71. The van der Waals surface area contributed by atoms with Crippen LogP contribution in [0.25, 0.3) is 22.3 Å². The number of carbonyl (C=O) groups is 3. The number of imidazole rings is 1. The van der Waals surface area contributed by atoms with Gasteiger partial charge < -0.3 is 19.7 Å². The number of carboxylic acids is 2. The van der Waals surface area contributed by atoms with Crippen molar-refractivity contribution < 1.29 is 50.9 Å². The molecule has 1 fully saturated rings. The summed E-state index contributed by atoms with van der Waals surface area (Å²) in [7, 11) is 2.00. The monoisotopic (exact) mass is 626 g/mol. The van der Waals surface area contributed by atoms with Gasteiger partial charge in [-0.3, -0.25) is 19.7 Å². The van der Waals surface area contributed by atoms with Crippen molar-refractivity contribution in [2.75, 3.05) is 13.1 Å². The minimum Gasteiger partial charge on any atom is -0.475 e. The molecule has 1 amide bonds. The summed E-state index contributed by atoms with van der Waals surface area (Å²) in [6, 6.07) is 9.70. The van der Waals surface area contributed by atoms with Gasteiger partial charge in [0.2, 0.25) is 0 Å². The van der Waals surface area contributed by atoms with Crippen LogP contribution in [-0.2, 0) is 16.6 Å². The van der Waals surface area contributed by atoms with Crippen molar-refractivity contribution in [3.63, 3.8) is 0 Å². The Balaban J connectivity index is 0.000000317. The number of rotatable bonds is 3. The lowest BCUT2D eigenvalue weighted by atomic mass is 9.92. The molecule has 0 spiro atoms. The Labute approximate surface area is 244 Å². The summed E-state index contributed by atoms with van der Waals surface area (Å²) in [6.07, 6.45) is 0.331. The van der Waals surface area contributed by atoms with E-state index in [1.807, 2.05) is 47.2 Å². The van der Waals surface area contributed by atoms with Crippen LogP contribution in [0.3, 0.4) is 0 Å². The van der Waals surface area contributed by atoms with E-state index in [4.69, 9.17) is 24.8 Å². The van der Waals surface area contributed by atoms with Crippen LogP contribution in [0, 0.1) is 0 Å². The molecule has 1 aliphatic rings. The van der Waals surface area contributed by atoms with Gasteiger partial charge in [0.1, 0.15) is 5.52 Å². The highest BCUT2D eigenvalue weighted by atomic mass is 19.4. The zero-order valence-corrected chi connectivity index (χ0v) is 22.7. The summed E-state index contributed by atoms with van der Waals surface area (Å²) in [5, 5.41) is 14.2. The number of amides is 1. The number of hydrogen-bond donors (Lipinski definition) is 2. The number of piperidine rings is 1. The third kappa shape index (κ3) is 8.71. The molecule has 2 N–H and O–H groups in total. The Morgan fingerprint density at radius 2 is 1.43 bits per heavy atom. The normalized spacial score (nSPS) is 13.8. The van der Waals surface area contributed by atoms with E-state index in [0.717, 1.165) is 40.8 Å². The van der Waals surface area contributed by atoms with Crippen molar-refractivity contribution in [1.29, 1.82) is 0 Å². The van der Waals surface area contributed by atoms with Crippen LogP contribution in [0.2, 0.25) is 0 Å². The maximum atomic E-state index is 12.7. The zero-order chi connectivity index (χ0) is 32.7. The summed E-state index contributed by atoms with van der Waals surface area (Å²) >= 11 is 0. The first-order chi connectivity index (χ1) is 20.6. The number of likely N-dealkylation sites (tertiary alicyclic amines) is 1. The SMILES string of the molecule is Cn1cnc2c(-c3cccnc3)nc(C3CCN(C(=O)c4cccnc4)CC3)cc21.O=C(O)C(F)(F)F.O=C(O)C(F)(F)F. The molecule has 11 nitrogen and oxygen atoms in total. The van der Waals surface area contributed by atoms with E-state index >= 15 is 0 Å². The number of hydrogen-bond acceptors (Lipinski definition) is 7. The fraction of sp³-hybridized carbons (Fsp3) is 0.296. The molecule has 44 heavy (non-hydrogen) atoms. The van der Waals surface area contributed by atoms with Crippen LogP contribution in [0.5, 0.6) is 0 Å². The van der Waals surface area contributed by atoms with Crippen molar-refractivity contribution in [2.24, 2.45) is 7.05 Å². The Bertz CT molecular complexity index is 1560. The van der Waals surface area contributed by atoms with Gasteiger partial charge >= 0.3 is 24.3 Å². The van der Waals surface area contributed by atoms with Crippen LogP contribution in [0.15, 0.2) is 61.4 Å². The fourth-order valence-electron chi connectivity index (χ4n) is 4.11. The average Bonchev–Trinajstić information content (AvgIpc) is 3.37. The van der Waals surface area contributed by atoms with Gasteiger partial charge in [-0.25, -0.2) is 14.6 Å². The predicted molar refractivity (Wildman–Crippen MR) is 141 cm³/mol. The number of aryl methyl sites for hydroxylation is 1. The van der Waals surface area contributed by atoms with Gasteiger partial charge in [-0.2, -0.15) is 26.3 Å². The summed E-state index contributed by atoms with van der Waals surface area (Å²) in [5.74, 6) is -5.16. The van der Waals surface area contributed by atoms with Crippen molar-refractivity contribution in [3.8, 4) is 11.3 Å². The number of carboxylic acid groups (broad SMARTS) is 2. The largest absolute Gasteiger partial charge is 0.490 e. The van der Waals surface area contributed by atoms with Crippen molar-refractivity contribution in [1.82, 2.24) is 29.4 Å². The van der Waals surface area contributed by atoms with Crippen molar-refractivity contribution in [3.05, 3.63) is 72.7 Å². The molecule has 17 heteroatoms. The highest BCUT2D eigenvalue weighted by Crippen LogP contribution is 2.33. The van der Waals surface area contributed by atoms with E-state index in [-0.39, 0.29) is 5.91 Å². The minimum atomic E-state index is -5.08. The second-order valence-electron chi connectivity index (χ2n) is 9.27.